The molecule has 1 aliphatic carbocycles. The topological polar surface area (TPSA) is 70.1 Å². The van der Waals surface area contributed by atoms with E-state index in [4.69, 9.17) is 40.5 Å². The van der Waals surface area contributed by atoms with Gasteiger partial charge in [-0.15, -0.1) is 11.8 Å². The lowest BCUT2D eigenvalue weighted by atomic mass is 9.68. The van der Waals surface area contributed by atoms with Crippen LogP contribution in [0.25, 0.3) is 0 Å². The molecule has 5 rings (SSSR count). The monoisotopic (exact) mass is 639 g/mol. The van der Waals surface area contributed by atoms with Crippen molar-refractivity contribution in [2.75, 3.05) is 4.90 Å². The lowest BCUT2D eigenvalue weighted by molar-refractivity contribution is -0.118. The molecule has 0 amide bonds. The second kappa shape index (κ2) is 11.6. The van der Waals surface area contributed by atoms with E-state index in [0.717, 1.165) is 27.1 Å². The molecule has 2 N–H and O–H groups in total. The van der Waals surface area contributed by atoms with Crippen LogP contribution in [0, 0.1) is 36.4 Å². The maximum absolute atomic E-state index is 14.1. The molecule has 4 nitrogen and oxygen atoms in total. The van der Waals surface area contributed by atoms with Crippen molar-refractivity contribution in [1.82, 2.24) is 0 Å². The fourth-order valence-corrected chi connectivity index (χ4v) is 7.62. The first-order chi connectivity index (χ1) is 19.8. The number of nitriles is 1. The summed E-state index contributed by atoms with van der Waals surface area (Å²) in [6.07, 6.45) is 0.875. The number of benzene rings is 3. The van der Waals surface area contributed by atoms with Gasteiger partial charge >= 0.3 is 0 Å². The molecule has 0 bridgehead atoms. The minimum absolute atomic E-state index is 0.0350. The van der Waals surface area contributed by atoms with Crippen LogP contribution in [-0.4, -0.2) is 5.78 Å². The molecule has 0 saturated carbocycles. The molecule has 1 aliphatic heterocycles. The van der Waals surface area contributed by atoms with Crippen molar-refractivity contribution >= 4 is 58.0 Å². The van der Waals surface area contributed by atoms with E-state index in [1.54, 1.807) is 34.9 Å². The first-order valence-corrected chi connectivity index (χ1v) is 15.5. The predicted molar refractivity (Wildman–Crippen MR) is 170 cm³/mol. The average molecular weight is 641 g/mol. The summed E-state index contributed by atoms with van der Waals surface area (Å²) in [4.78, 5) is 16.6. The zero-order valence-corrected chi connectivity index (χ0v) is 26.7. The maximum atomic E-state index is 14.1. The van der Waals surface area contributed by atoms with Crippen LogP contribution in [0.1, 0.15) is 54.9 Å². The van der Waals surface area contributed by atoms with Crippen LogP contribution in [0.3, 0.4) is 0 Å². The predicted octanol–water partition coefficient (Wildman–Crippen LogP) is 9.64. The van der Waals surface area contributed by atoms with Crippen molar-refractivity contribution < 1.29 is 9.18 Å². The van der Waals surface area contributed by atoms with Crippen molar-refractivity contribution in [1.29, 1.82) is 5.26 Å². The fourth-order valence-electron chi connectivity index (χ4n) is 5.90. The first kappa shape index (κ1) is 30.5. The van der Waals surface area contributed by atoms with Crippen molar-refractivity contribution in [3.05, 3.63) is 114 Å². The summed E-state index contributed by atoms with van der Waals surface area (Å²) < 4.78 is 14.1. The van der Waals surface area contributed by atoms with E-state index in [9.17, 15) is 14.4 Å². The molecule has 1 unspecified atom stereocenters. The number of nitrogens with two attached hydrogens (primary N) is 1. The Hall–Kier alpha value is -2.95. The summed E-state index contributed by atoms with van der Waals surface area (Å²) in [6, 6.07) is 16.1. The zero-order valence-electron chi connectivity index (χ0n) is 23.6. The van der Waals surface area contributed by atoms with E-state index in [0.29, 0.717) is 45.6 Å². The minimum Gasteiger partial charge on any atom is -0.384 e. The summed E-state index contributed by atoms with van der Waals surface area (Å²) in [5.41, 5.74) is 12.4. The van der Waals surface area contributed by atoms with Crippen LogP contribution in [0.15, 0.2) is 76.1 Å². The molecule has 216 valence electrons. The van der Waals surface area contributed by atoms with Crippen LogP contribution in [0.4, 0.5) is 10.1 Å². The molecule has 0 spiro atoms. The molecule has 3 aromatic rings. The lowest BCUT2D eigenvalue weighted by Crippen LogP contribution is -2.42. The first-order valence-electron chi connectivity index (χ1n) is 13.4. The molecule has 0 saturated heterocycles. The number of hydrogen-bond donors (Lipinski definition) is 1. The van der Waals surface area contributed by atoms with Gasteiger partial charge in [-0.25, -0.2) is 4.39 Å². The van der Waals surface area contributed by atoms with E-state index in [-0.39, 0.29) is 27.6 Å². The third kappa shape index (κ3) is 5.68. The van der Waals surface area contributed by atoms with Crippen molar-refractivity contribution in [2.45, 2.75) is 57.1 Å². The number of aryl methyl sites for hydroxylation is 1. The maximum Gasteiger partial charge on any atom is 0.162 e. The molecule has 42 heavy (non-hydrogen) atoms. The molecule has 3 aromatic carbocycles. The summed E-state index contributed by atoms with van der Waals surface area (Å²) in [5, 5.41) is 11.7. The van der Waals surface area contributed by atoms with Gasteiger partial charge in [-0.05, 0) is 78.8 Å². The average Bonchev–Trinajstić information content (AvgIpc) is 2.91. The van der Waals surface area contributed by atoms with Crippen molar-refractivity contribution in [3.8, 4) is 6.07 Å². The Morgan fingerprint density at radius 2 is 1.81 bits per heavy atom. The van der Waals surface area contributed by atoms with Gasteiger partial charge < -0.3 is 5.73 Å². The van der Waals surface area contributed by atoms with Crippen LogP contribution in [0.5, 0.6) is 0 Å². The molecule has 0 fully saturated rings. The van der Waals surface area contributed by atoms with Crippen LogP contribution >= 0.6 is 46.6 Å². The molecule has 0 radical (unpaired) electrons. The number of hydrogen-bond acceptors (Lipinski definition) is 5. The second-order valence-corrected chi connectivity index (χ2v) is 13.8. The molecule has 1 atom stereocenters. The molecular weight excluding hydrogens is 612 g/mol. The van der Waals surface area contributed by atoms with Crippen LogP contribution < -0.4 is 10.6 Å². The summed E-state index contributed by atoms with van der Waals surface area (Å²) in [6.45, 7) is 8.08. The normalized spacial score (nSPS) is 18.3. The van der Waals surface area contributed by atoms with Gasteiger partial charge in [0.15, 0.2) is 5.78 Å². The van der Waals surface area contributed by atoms with Gasteiger partial charge in [-0.3, -0.25) is 9.69 Å². The SMILES string of the molecule is Cc1cc(CSc2cc(Cl)ccc2Cl)c(C)c(C2C(C#N)=C(N)N(c3ccc(F)c(Cl)c3)C3=C2C(=O)CC(C)(C)C3)c1. The number of halogens is 4. The number of Topliss-reactive ketones (excluding diaryl/α,β-unsaturated/α-hetero) is 1. The molecule has 0 aromatic heterocycles. The van der Waals surface area contributed by atoms with Gasteiger partial charge in [0.1, 0.15) is 11.6 Å². The Bertz CT molecular complexity index is 1740. The Morgan fingerprint density at radius 1 is 1.07 bits per heavy atom. The number of ketones is 1. The standard InChI is InChI=1S/C33H29Cl3FN3OS/c1-17-9-19(16-42-29-11-20(34)5-7-24(29)35)18(2)22(10-17)30-23(15-38)32(39)40(21-6-8-26(37)25(36)12-21)27-13-33(3,4)14-28(41)31(27)30/h5-12,30H,13-14,16,39H2,1-4H3. The van der Waals surface area contributed by atoms with Gasteiger partial charge in [0.25, 0.3) is 0 Å². The smallest absolute Gasteiger partial charge is 0.162 e. The number of anilines is 1. The van der Waals surface area contributed by atoms with E-state index in [1.807, 2.05) is 39.8 Å². The van der Waals surface area contributed by atoms with Crippen molar-refractivity contribution in [2.24, 2.45) is 11.1 Å². The van der Waals surface area contributed by atoms with Crippen LogP contribution in [-0.2, 0) is 10.5 Å². The summed E-state index contributed by atoms with van der Waals surface area (Å²) in [5.74, 6) is -0.419. The lowest BCUT2D eigenvalue weighted by Gasteiger charge is -2.44. The number of carbonyl (C=O) groups is 1. The van der Waals surface area contributed by atoms with Gasteiger partial charge in [0, 0.05) is 39.0 Å². The Labute approximate surface area is 264 Å². The molecular formula is C33H29Cl3FN3OS. The second-order valence-electron chi connectivity index (χ2n) is 11.6. The van der Waals surface area contributed by atoms with Gasteiger partial charge in [0.2, 0.25) is 0 Å². The summed E-state index contributed by atoms with van der Waals surface area (Å²) >= 11 is 20.4. The van der Waals surface area contributed by atoms with E-state index in [2.05, 4.69) is 12.1 Å². The summed E-state index contributed by atoms with van der Waals surface area (Å²) in [7, 11) is 0. The van der Waals surface area contributed by atoms with E-state index < -0.39 is 11.7 Å². The third-order valence-corrected chi connectivity index (χ3v) is 9.90. The fraction of sp³-hybridized carbons (Fsp3) is 0.273. The zero-order chi connectivity index (χ0) is 30.5. The van der Waals surface area contributed by atoms with Crippen molar-refractivity contribution in [3.63, 3.8) is 0 Å². The van der Waals surface area contributed by atoms with Crippen LogP contribution in [0.2, 0.25) is 15.1 Å². The highest BCUT2D eigenvalue weighted by Gasteiger charge is 2.45. The highest BCUT2D eigenvalue weighted by molar-refractivity contribution is 7.98. The molecule has 2 aliphatic rings. The Morgan fingerprint density at radius 3 is 2.50 bits per heavy atom. The third-order valence-electron chi connectivity index (χ3n) is 7.83. The molecule has 9 heteroatoms. The van der Waals surface area contributed by atoms with Gasteiger partial charge in [0.05, 0.1) is 27.6 Å². The minimum atomic E-state index is -0.640. The Balaban J connectivity index is 1.68. The number of allylic oxidation sites excluding steroid dienone is 3. The van der Waals surface area contributed by atoms with Gasteiger partial charge in [-0.2, -0.15) is 5.26 Å². The number of thioether (sulfide) groups is 1. The molecule has 1 heterocycles. The number of rotatable bonds is 5. The van der Waals surface area contributed by atoms with Gasteiger partial charge in [-0.1, -0.05) is 66.3 Å². The van der Waals surface area contributed by atoms with E-state index >= 15 is 0 Å². The highest BCUT2D eigenvalue weighted by atomic mass is 35.5. The number of carbonyl (C=O) groups excluding carboxylic acids is 1. The highest BCUT2D eigenvalue weighted by Crippen LogP contribution is 2.51. The van der Waals surface area contributed by atoms with E-state index in [1.165, 1.54) is 12.1 Å². The Kier molecular flexibility index (Phi) is 8.44. The largest absolute Gasteiger partial charge is 0.384 e. The quantitative estimate of drug-likeness (QED) is 0.281. The number of nitrogens with zero attached hydrogens (tertiary/aromatic N) is 2.